The first-order valence-corrected chi connectivity index (χ1v) is 8.53. The molecule has 0 N–H and O–H groups in total. The monoisotopic (exact) mass is 327 g/mol. The van der Waals surface area contributed by atoms with Crippen LogP contribution in [0.1, 0.15) is 37.2 Å². The van der Waals surface area contributed by atoms with E-state index in [2.05, 4.69) is 32.7 Å². The van der Waals surface area contributed by atoms with Crippen molar-refractivity contribution in [1.29, 1.82) is 0 Å². The number of likely N-dealkylation sites (tertiary alicyclic amines) is 1. The molecule has 1 saturated heterocycles. The summed E-state index contributed by atoms with van der Waals surface area (Å²) in [6.07, 6.45) is 6.34. The minimum absolute atomic E-state index is 0.244. The van der Waals surface area contributed by atoms with Crippen molar-refractivity contribution >= 4 is 11.0 Å². The van der Waals surface area contributed by atoms with E-state index in [0.29, 0.717) is 11.6 Å². The molecule has 1 atom stereocenters. The fraction of sp³-hybridized carbons (Fsp3) is 0.444. The van der Waals surface area contributed by atoms with Crippen LogP contribution in [0, 0.1) is 5.82 Å². The van der Waals surface area contributed by atoms with E-state index in [-0.39, 0.29) is 5.82 Å². The van der Waals surface area contributed by atoms with Crippen molar-refractivity contribution < 1.29 is 4.39 Å². The van der Waals surface area contributed by atoms with Gasteiger partial charge in [0.25, 0.3) is 0 Å². The smallest absolute Gasteiger partial charge is 0.151 e. The van der Waals surface area contributed by atoms with E-state index in [0.717, 1.165) is 37.4 Å². The van der Waals surface area contributed by atoms with Crippen LogP contribution < -0.4 is 0 Å². The Labute approximate surface area is 140 Å². The number of hydrogen-bond acceptors (Lipinski definition) is 3. The highest BCUT2D eigenvalue weighted by Crippen LogP contribution is 2.33. The van der Waals surface area contributed by atoms with Gasteiger partial charge in [-0.1, -0.05) is 6.07 Å². The number of imidazole rings is 1. The van der Waals surface area contributed by atoms with Crippen molar-refractivity contribution in [1.82, 2.24) is 24.2 Å². The number of halogens is 1. The Bertz CT molecular complexity index is 866. The van der Waals surface area contributed by atoms with Crippen molar-refractivity contribution in [2.75, 3.05) is 6.54 Å². The van der Waals surface area contributed by atoms with Crippen LogP contribution in [0.25, 0.3) is 11.0 Å². The number of aryl methyl sites for hydroxylation is 2. The molecular weight excluding hydrogens is 305 g/mol. The molecule has 4 rings (SSSR count). The second-order valence-corrected chi connectivity index (χ2v) is 6.46. The minimum Gasteiger partial charge on any atom is -0.327 e. The standard InChI is InChI=1S/C18H22FN5/c1-3-24-16-7-4-6-14(19)18(16)21-17(24)12-23-9-5-8-15(23)13-10-20-22(2)11-13/h4,6-7,10-11,15H,3,5,8-9,12H2,1-2H3/t15-/m0/s1. The van der Waals surface area contributed by atoms with Gasteiger partial charge in [-0.25, -0.2) is 9.37 Å². The molecule has 0 bridgehead atoms. The van der Waals surface area contributed by atoms with E-state index in [9.17, 15) is 4.39 Å². The number of aromatic nitrogens is 4. The third-order valence-corrected chi connectivity index (χ3v) is 4.94. The summed E-state index contributed by atoms with van der Waals surface area (Å²) in [6.45, 7) is 4.65. The number of fused-ring (bicyclic) bond motifs is 1. The quantitative estimate of drug-likeness (QED) is 0.738. The number of para-hydroxylation sites is 1. The maximum absolute atomic E-state index is 14.1. The second kappa shape index (κ2) is 6.02. The van der Waals surface area contributed by atoms with Gasteiger partial charge < -0.3 is 4.57 Å². The third-order valence-electron chi connectivity index (χ3n) is 4.94. The fourth-order valence-electron chi connectivity index (χ4n) is 3.82. The zero-order chi connectivity index (χ0) is 16.7. The lowest BCUT2D eigenvalue weighted by molar-refractivity contribution is 0.239. The van der Waals surface area contributed by atoms with Crippen molar-refractivity contribution in [2.45, 2.75) is 38.9 Å². The van der Waals surface area contributed by atoms with Gasteiger partial charge in [-0.05, 0) is 38.4 Å². The molecule has 2 aromatic heterocycles. The third kappa shape index (κ3) is 2.51. The molecule has 1 fully saturated rings. The van der Waals surface area contributed by atoms with Gasteiger partial charge in [-0.2, -0.15) is 5.10 Å². The molecule has 126 valence electrons. The molecule has 3 aromatic rings. The van der Waals surface area contributed by atoms with Gasteiger partial charge in [-0.15, -0.1) is 0 Å². The van der Waals surface area contributed by atoms with Crippen LogP contribution in [0.5, 0.6) is 0 Å². The molecule has 0 unspecified atom stereocenters. The predicted octanol–water partition coefficient (Wildman–Crippen LogP) is 3.27. The number of benzene rings is 1. The molecule has 5 nitrogen and oxygen atoms in total. The lowest BCUT2D eigenvalue weighted by Crippen LogP contribution is -2.24. The Morgan fingerprint density at radius 1 is 1.33 bits per heavy atom. The van der Waals surface area contributed by atoms with Crippen molar-refractivity contribution in [3.63, 3.8) is 0 Å². The van der Waals surface area contributed by atoms with Gasteiger partial charge >= 0.3 is 0 Å². The molecule has 6 heteroatoms. The van der Waals surface area contributed by atoms with E-state index in [4.69, 9.17) is 0 Å². The average molecular weight is 327 g/mol. The van der Waals surface area contributed by atoms with Crippen molar-refractivity contribution in [3.05, 3.63) is 47.8 Å². The van der Waals surface area contributed by atoms with Crippen LogP contribution in [0.4, 0.5) is 4.39 Å². The van der Waals surface area contributed by atoms with Crippen LogP contribution in [-0.4, -0.2) is 30.8 Å². The number of nitrogens with zero attached hydrogens (tertiary/aromatic N) is 5. The van der Waals surface area contributed by atoms with Gasteiger partial charge in [0.1, 0.15) is 11.3 Å². The van der Waals surface area contributed by atoms with Gasteiger partial charge in [-0.3, -0.25) is 9.58 Å². The SMILES string of the molecule is CCn1c(CN2CCC[C@H]2c2cnn(C)c2)nc2c(F)cccc21. The average Bonchev–Trinajstić information content (AvgIpc) is 3.26. The second-order valence-electron chi connectivity index (χ2n) is 6.46. The van der Waals surface area contributed by atoms with Crippen LogP contribution in [0.2, 0.25) is 0 Å². The Kier molecular flexibility index (Phi) is 3.84. The van der Waals surface area contributed by atoms with E-state index >= 15 is 0 Å². The van der Waals surface area contributed by atoms with Gasteiger partial charge in [0.05, 0.1) is 18.3 Å². The molecule has 24 heavy (non-hydrogen) atoms. The summed E-state index contributed by atoms with van der Waals surface area (Å²) in [5, 5.41) is 4.30. The number of hydrogen-bond donors (Lipinski definition) is 0. The molecular formula is C18H22FN5. The highest BCUT2D eigenvalue weighted by molar-refractivity contribution is 5.76. The molecule has 0 saturated carbocycles. The molecule has 0 radical (unpaired) electrons. The van der Waals surface area contributed by atoms with Crippen LogP contribution >= 0.6 is 0 Å². The topological polar surface area (TPSA) is 38.9 Å². The first kappa shape index (κ1) is 15.3. The van der Waals surface area contributed by atoms with Crippen molar-refractivity contribution in [3.8, 4) is 0 Å². The minimum atomic E-state index is -0.244. The van der Waals surface area contributed by atoms with Crippen LogP contribution in [0.15, 0.2) is 30.6 Å². The summed E-state index contributed by atoms with van der Waals surface area (Å²) in [6, 6.07) is 5.55. The first-order chi connectivity index (χ1) is 11.7. The maximum atomic E-state index is 14.1. The van der Waals surface area contributed by atoms with E-state index in [1.807, 2.05) is 24.0 Å². The predicted molar refractivity (Wildman–Crippen MR) is 91.0 cm³/mol. The molecule has 1 aromatic carbocycles. The normalized spacial score (nSPS) is 18.7. The maximum Gasteiger partial charge on any atom is 0.151 e. The summed E-state index contributed by atoms with van der Waals surface area (Å²) in [4.78, 5) is 7.04. The van der Waals surface area contributed by atoms with E-state index in [1.165, 1.54) is 18.1 Å². The summed E-state index contributed by atoms with van der Waals surface area (Å²) < 4.78 is 18.0. The van der Waals surface area contributed by atoms with E-state index < -0.39 is 0 Å². The lowest BCUT2D eigenvalue weighted by atomic mass is 10.1. The van der Waals surface area contributed by atoms with Crippen LogP contribution in [-0.2, 0) is 20.1 Å². The summed E-state index contributed by atoms with van der Waals surface area (Å²) in [7, 11) is 1.95. The number of rotatable bonds is 4. The fourth-order valence-corrected chi connectivity index (χ4v) is 3.82. The van der Waals surface area contributed by atoms with Gasteiger partial charge in [0.2, 0.25) is 0 Å². The Balaban J connectivity index is 1.67. The Morgan fingerprint density at radius 3 is 2.96 bits per heavy atom. The zero-order valence-corrected chi connectivity index (χ0v) is 14.1. The molecule has 0 spiro atoms. The summed E-state index contributed by atoms with van der Waals surface area (Å²) in [5.41, 5.74) is 2.61. The Hall–Kier alpha value is -2.21. The molecule has 0 aliphatic carbocycles. The highest BCUT2D eigenvalue weighted by atomic mass is 19.1. The highest BCUT2D eigenvalue weighted by Gasteiger charge is 2.28. The largest absolute Gasteiger partial charge is 0.327 e. The Morgan fingerprint density at radius 2 is 2.21 bits per heavy atom. The summed E-state index contributed by atoms with van der Waals surface area (Å²) >= 11 is 0. The molecule has 1 aliphatic heterocycles. The molecule has 3 heterocycles. The van der Waals surface area contributed by atoms with Crippen LogP contribution in [0.3, 0.4) is 0 Å². The van der Waals surface area contributed by atoms with Gasteiger partial charge in [0.15, 0.2) is 5.82 Å². The molecule has 0 amide bonds. The zero-order valence-electron chi connectivity index (χ0n) is 14.1. The van der Waals surface area contributed by atoms with E-state index in [1.54, 1.807) is 6.07 Å². The first-order valence-electron chi connectivity index (χ1n) is 8.53. The van der Waals surface area contributed by atoms with Gasteiger partial charge in [0, 0.05) is 31.4 Å². The lowest BCUT2D eigenvalue weighted by Gasteiger charge is -2.23. The van der Waals surface area contributed by atoms with Crippen molar-refractivity contribution in [2.24, 2.45) is 7.05 Å². The summed E-state index contributed by atoms with van der Waals surface area (Å²) in [5.74, 6) is 0.694. The molecule has 1 aliphatic rings.